The molecule has 0 unspecified atom stereocenters. The van der Waals surface area contributed by atoms with Crippen molar-refractivity contribution in [3.63, 3.8) is 0 Å². The van der Waals surface area contributed by atoms with Crippen LogP contribution in [0.4, 0.5) is 0 Å². The second-order valence-electron chi connectivity index (χ2n) is 5.63. The minimum atomic E-state index is -0.728. The summed E-state index contributed by atoms with van der Waals surface area (Å²) in [4.78, 5) is 13.3. The van der Waals surface area contributed by atoms with Crippen LogP contribution in [0.3, 0.4) is 0 Å². The van der Waals surface area contributed by atoms with Gasteiger partial charge in [0, 0.05) is 20.2 Å². The highest BCUT2D eigenvalue weighted by Crippen LogP contribution is 2.21. The molecule has 0 aliphatic heterocycles. The van der Waals surface area contributed by atoms with Crippen molar-refractivity contribution in [3.05, 3.63) is 0 Å². The molecule has 0 fully saturated rings. The van der Waals surface area contributed by atoms with Gasteiger partial charge in [-0.25, -0.2) is 0 Å². The molecule has 17 heavy (non-hydrogen) atoms. The number of ether oxygens (including phenoxy) is 1. The van der Waals surface area contributed by atoms with Crippen molar-refractivity contribution in [1.29, 1.82) is 0 Å². The Morgan fingerprint density at radius 3 is 2.35 bits per heavy atom. The van der Waals surface area contributed by atoms with E-state index in [2.05, 4.69) is 18.7 Å². The van der Waals surface area contributed by atoms with Crippen LogP contribution in [0.5, 0.6) is 0 Å². The Bertz CT molecular complexity index is 227. The summed E-state index contributed by atoms with van der Waals surface area (Å²) in [6, 6.07) is 0. The maximum atomic E-state index is 11.0. The lowest BCUT2D eigenvalue weighted by Gasteiger charge is -2.27. The zero-order valence-corrected chi connectivity index (χ0v) is 11.8. The number of hydrogen-bond donors (Lipinski definition) is 1. The predicted molar refractivity (Wildman–Crippen MR) is 69.2 cm³/mol. The molecule has 4 nitrogen and oxygen atoms in total. The van der Waals surface area contributed by atoms with Gasteiger partial charge >= 0.3 is 5.97 Å². The van der Waals surface area contributed by atoms with Gasteiger partial charge in [-0.15, -0.1) is 0 Å². The molecule has 0 spiro atoms. The lowest BCUT2D eigenvalue weighted by atomic mass is 9.89. The highest BCUT2D eigenvalue weighted by Gasteiger charge is 2.27. The first-order valence-corrected chi connectivity index (χ1v) is 6.24. The van der Waals surface area contributed by atoms with Crippen LogP contribution in [0.2, 0.25) is 0 Å². The van der Waals surface area contributed by atoms with Crippen LogP contribution in [0.25, 0.3) is 0 Å². The third-order valence-electron chi connectivity index (χ3n) is 2.87. The van der Waals surface area contributed by atoms with Gasteiger partial charge in [0.15, 0.2) is 0 Å². The number of rotatable bonds is 9. The van der Waals surface area contributed by atoms with Gasteiger partial charge in [-0.05, 0) is 32.7 Å². The van der Waals surface area contributed by atoms with E-state index in [1.54, 1.807) is 21.0 Å². The Morgan fingerprint density at radius 2 is 1.94 bits per heavy atom. The Morgan fingerprint density at radius 1 is 1.35 bits per heavy atom. The van der Waals surface area contributed by atoms with Crippen LogP contribution >= 0.6 is 0 Å². The highest BCUT2D eigenvalue weighted by molar-refractivity contribution is 5.73. The standard InChI is InChI=1S/C13H27NO3/c1-11(2)10-14(8-9-17-5)7-6-13(3,4)12(15)16/h11H,6-10H2,1-5H3,(H,15,16). The van der Waals surface area contributed by atoms with Crippen molar-refractivity contribution in [2.75, 3.05) is 33.4 Å². The molecule has 0 amide bonds. The Hall–Kier alpha value is -0.610. The maximum Gasteiger partial charge on any atom is 0.309 e. The van der Waals surface area contributed by atoms with Crippen LogP contribution in [0.1, 0.15) is 34.1 Å². The van der Waals surface area contributed by atoms with Crippen molar-refractivity contribution in [1.82, 2.24) is 4.90 Å². The smallest absolute Gasteiger partial charge is 0.309 e. The lowest BCUT2D eigenvalue weighted by Crippen LogP contribution is -2.36. The summed E-state index contributed by atoms with van der Waals surface area (Å²) in [5, 5.41) is 9.07. The first kappa shape index (κ1) is 16.4. The quantitative estimate of drug-likeness (QED) is 0.676. The maximum absolute atomic E-state index is 11.0. The zero-order valence-electron chi connectivity index (χ0n) is 11.8. The van der Waals surface area contributed by atoms with Gasteiger partial charge in [0.05, 0.1) is 12.0 Å². The second kappa shape index (κ2) is 7.67. The van der Waals surface area contributed by atoms with E-state index in [-0.39, 0.29) is 0 Å². The monoisotopic (exact) mass is 245 g/mol. The minimum absolute atomic E-state index is 0.583. The second-order valence-corrected chi connectivity index (χ2v) is 5.63. The van der Waals surface area contributed by atoms with Crippen molar-refractivity contribution < 1.29 is 14.6 Å². The fourth-order valence-corrected chi connectivity index (χ4v) is 1.58. The third-order valence-corrected chi connectivity index (χ3v) is 2.87. The number of carboxylic acid groups (broad SMARTS) is 1. The summed E-state index contributed by atoms with van der Waals surface area (Å²) in [5.74, 6) is -0.145. The molecule has 0 aromatic rings. The van der Waals surface area contributed by atoms with Crippen molar-refractivity contribution >= 4 is 5.97 Å². The molecule has 0 aliphatic carbocycles. The summed E-state index contributed by atoms with van der Waals surface area (Å²) in [5.41, 5.74) is -0.650. The molecule has 0 rings (SSSR count). The van der Waals surface area contributed by atoms with E-state index < -0.39 is 11.4 Å². The van der Waals surface area contributed by atoms with Crippen LogP contribution in [-0.2, 0) is 9.53 Å². The number of nitrogens with zero attached hydrogens (tertiary/aromatic N) is 1. The summed E-state index contributed by atoms with van der Waals surface area (Å²) in [7, 11) is 1.69. The fraction of sp³-hybridized carbons (Fsp3) is 0.923. The van der Waals surface area contributed by atoms with Gasteiger partial charge in [-0.2, -0.15) is 0 Å². The topological polar surface area (TPSA) is 49.8 Å². The number of methoxy groups -OCH3 is 1. The number of carbonyl (C=O) groups is 1. The van der Waals surface area contributed by atoms with Crippen LogP contribution < -0.4 is 0 Å². The first-order chi connectivity index (χ1) is 7.79. The zero-order chi connectivity index (χ0) is 13.5. The molecule has 4 heteroatoms. The molecular weight excluding hydrogens is 218 g/mol. The summed E-state index contributed by atoms with van der Waals surface area (Å²) >= 11 is 0. The van der Waals surface area contributed by atoms with Crippen molar-refractivity contribution in [3.8, 4) is 0 Å². The Labute approximate surface area is 105 Å². The van der Waals surface area contributed by atoms with E-state index in [1.165, 1.54) is 0 Å². The molecule has 1 N–H and O–H groups in total. The number of hydrogen-bond acceptors (Lipinski definition) is 3. The van der Waals surface area contributed by atoms with Gasteiger partial charge in [0.25, 0.3) is 0 Å². The molecule has 0 aromatic carbocycles. The van der Waals surface area contributed by atoms with Gasteiger partial charge in [-0.1, -0.05) is 13.8 Å². The fourth-order valence-electron chi connectivity index (χ4n) is 1.58. The van der Waals surface area contributed by atoms with Crippen LogP contribution in [0, 0.1) is 11.3 Å². The van der Waals surface area contributed by atoms with Crippen LogP contribution in [-0.4, -0.2) is 49.3 Å². The van der Waals surface area contributed by atoms with E-state index in [0.29, 0.717) is 18.9 Å². The van der Waals surface area contributed by atoms with Crippen molar-refractivity contribution in [2.24, 2.45) is 11.3 Å². The minimum Gasteiger partial charge on any atom is -0.481 e. The summed E-state index contributed by atoms with van der Waals surface area (Å²) < 4.78 is 5.08. The van der Waals surface area contributed by atoms with Crippen LogP contribution in [0.15, 0.2) is 0 Å². The number of carboxylic acids is 1. The van der Waals surface area contributed by atoms with E-state index in [1.807, 2.05) is 0 Å². The summed E-state index contributed by atoms with van der Waals surface area (Å²) in [6.45, 7) is 11.2. The Kier molecular flexibility index (Phi) is 7.39. The number of aliphatic carboxylic acids is 1. The van der Waals surface area contributed by atoms with Crippen molar-refractivity contribution in [2.45, 2.75) is 34.1 Å². The molecule has 0 aliphatic rings. The molecule has 0 heterocycles. The van der Waals surface area contributed by atoms with Gasteiger partial charge in [0.1, 0.15) is 0 Å². The average molecular weight is 245 g/mol. The lowest BCUT2D eigenvalue weighted by molar-refractivity contribution is -0.147. The first-order valence-electron chi connectivity index (χ1n) is 6.24. The van der Waals surface area contributed by atoms with Gasteiger partial charge in [-0.3, -0.25) is 4.79 Å². The Balaban J connectivity index is 4.19. The molecular formula is C13H27NO3. The molecule has 0 saturated carbocycles. The molecule has 0 saturated heterocycles. The molecule has 0 atom stereocenters. The SMILES string of the molecule is COCCN(CCC(C)(C)C(=O)O)CC(C)C. The van der Waals surface area contributed by atoms with Gasteiger partial charge < -0.3 is 14.7 Å². The molecule has 0 aromatic heterocycles. The molecule has 0 radical (unpaired) electrons. The predicted octanol–water partition coefficient (Wildman–Crippen LogP) is 2.09. The average Bonchev–Trinajstić information content (AvgIpc) is 2.21. The third kappa shape index (κ3) is 7.34. The van der Waals surface area contributed by atoms with E-state index in [4.69, 9.17) is 9.84 Å². The van der Waals surface area contributed by atoms with E-state index in [0.717, 1.165) is 19.6 Å². The normalized spacial score (nSPS) is 12.4. The molecule has 102 valence electrons. The highest BCUT2D eigenvalue weighted by atomic mass is 16.5. The van der Waals surface area contributed by atoms with E-state index >= 15 is 0 Å². The van der Waals surface area contributed by atoms with E-state index in [9.17, 15) is 4.79 Å². The van der Waals surface area contributed by atoms with Gasteiger partial charge in [0.2, 0.25) is 0 Å². The molecule has 0 bridgehead atoms. The summed E-state index contributed by atoms with van der Waals surface area (Å²) in [6.07, 6.45) is 0.665. The largest absolute Gasteiger partial charge is 0.481 e.